The van der Waals surface area contributed by atoms with Gasteiger partial charge in [0.25, 0.3) is 0 Å². The van der Waals surface area contributed by atoms with Crippen molar-refractivity contribution >= 4 is 44.1 Å². The van der Waals surface area contributed by atoms with Gasteiger partial charge >= 0.3 is 0 Å². The topological polar surface area (TPSA) is 206 Å². The van der Waals surface area contributed by atoms with Crippen LogP contribution in [0.3, 0.4) is 0 Å². The third kappa shape index (κ3) is 21.1. The average molecular weight is 1940 g/mol. The standard InChI is InChI=1S/C38H36N4.3C32H24N4/c1-37(2,3)29-21-22-30(38(4,5)6)36-35(29)41-33(27-17-13-25(14-18-27)31-11-7-9-23-39-31)34(42-36)28-19-15-26(16-20-28)32-12-8-10-24-40-32;1-21-7-8-22(2)30-29(21)35-31(25-13-9-23(10-14-25)27-5-3-17-33-19-27)32(36-30)26-15-11-24(12-16-26)28-6-4-18-34-20-28;1-21-9-10-22(2)30-29(21)35-31(25-15-11-23(12-16-25)27-7-3-5-19-33-27)32(36-30)26-17-13-24(14-18-26)28-8-4-6-20-34-28;1-21-3-4-22(2)30-29(21)35-31(27-9-5-23(6-10-27)25-13-17-33-18-14-25)32(36-30)28-11-7-24(8-12-28)26-15-19-34-20-16-26/h7-24H,1-6H3;3*3-20H,1-2H3. The van der Waals surface area contributed by atoms with Crippen LogP contribution in [-0.2, 0) is 10.8 Å². The van der Waals surface area contributed by atoms with Crippen molar-refractivity contribution in [1.29, 1.82) is 0 Å². The predicted octanol–water partition coefficient (Wildman–Crippen LogP) is 32.8. The van der Waals surface area contributed by atoms with Gasteiger partial charge in [0.2, 0.25) is 0 Å². The zero-order valence-corrected chi connectivity index (χ0v) is 85.7. The number of nitrogens with zero attached hydrogens (tertiary/aromatic N) is 16. The number of hydrogen-bond donors (Lipinski definition) is 0. The summed E-state index contributed by atoms with van der Waals surface area (Å²) in [6, 6.07) is 125. The summed E-state index contributed by atoms with van der Waals surface area (Å²) in [5, 5.41) is 0. The number of fused-ring (bicyclic) bond motifs is 4. The van der Waals surface area contributed by atoms with Gasteiger partial charge in [-0.1, -0.05) is 321 Å². The second kappa shape index (κ2) is 42.9. The summed E-state index contributed by atoms with van der Waals surface area (Å²) in [4.78, 5) is 76.8. The lowest BCUT2D eigenvalue weighted by Crippen LogP contribution is -2.17. The molecule has 150 heavy (non-hydrogen) atoms. The number of hydrogen-bond acceptors (Lipinski definition) is 16. The van der Waals surface area contributed by atoms with Crippen LogP contribution in [0.2, 0.25) is 0 Å². The minimum atomic E-state index is -0.0880. The third-order valence-corrected chi connectivity index (χ3v) is 27.2. The first-order chi connectivity index (χ1) is 73.1. The molecule has 0 saturated carbocycles. The van der Waals surface area contributed by atoms with Crippen molar-refractivity contribution < 1.29 is 0 Å². The molecule has 12 aromatic heterocycles. The van der Waals surface area contributed by atoms with Crippen LogP contribution in [0, 0.1) is 41.5 Å². The van der Waals surface area contributed by atoms with Gasteiger partial charge in [0.1, 0.15) is 0 Å². The normalized spacial score (nSPS) is 11.3. The summed E-state index contributed by atoms with van der Waals surface area (Å²) in [6.45, 7) is 26.0. The highest BCUT2D eigenvalue weighted by atomic mass is 14.9. The van der Waals surface area contributed by atoms with Gasteiger partial charge in [0, 0.05) is 141 Å². The Kier molecular flexibility index (Phi) is 27.8. The molecule has 24 aromatic rings. The van der Waals surface area contributed by atoms with Gasteiger partial charge in [-0.25, -0.2) is 39.9 Å². The molecule has 0 spiro atoms. The van der Waals surface area contributed by atoms with Crippen molar-refractivity contribution in [2.24, 2.45) is 0 Å². The van der Waals surface area contributed by atoms with Crippen molar-refractivity contribution in [2.75, 3.05) is 0 Å². The minimum Gasteiger partial charge on any atom is -0.265 e. The highest BCUT2D eigenvalue weighted by molar-refractivity contribution is 5.96. The smallest absolute Gasteiger partial charge is 0.0973 e. The second-order valence-electron chi connectivity index (χ2n) is 39.7. The lowest BCUT2D eigenvalue weighted by molar-refractivity contribution is 0.583. The molecule has 0 N–H and O–H groups in total. The number of benzene rings is 12. The largest absolute Gasteiger partial charge is 0.265 e. The van der Waals surface area contributed by atoms with Gasteiger partial charge in [-0.15, -0.1) is 0 Å². The quantitative estimate of drug-likeness (QED) is 0.0881. The molecule has 0 amide bonds. The summed E-state index contributed by atoms with van der Waals surface area (Å²) in [7, 11) is 0. The zero-order chi connectivity index (χ0) is 103. The first kappa shape index (κ1) is 97.3. The molecule has 16 heteroatoms. The van der Waals surface area contributed by atoms with E-state index in [0.717, 1.165) is 257 Å². The molecule has 0 radical (unpaired) electrons. The maximum absolute atomic E-state index is 5.45. The number of aromatic nitrogens is 16. The Labute approximate surface area is 874 Å². The fourth-order valence-electron chi connectivity index (χ4n) is 18.9. The Morgan fingerprint density at radius 1 is 0.140 bits per heavy atom. The van der Waals surface area contributed by atoms with Gasteiger partial charge in [-0.3, -0.25) is 39.9 Å². The molecule has 0 saturated heterocycles. The molecule has 24 rings (SSSR count). The van der Waals surface area contributed by atoms with E-state index in [2.05, 4.69) is 378 Å². The van der Waals surface area contributed by atoms with E-state index in [0.29, 0.717) is 0 Å². The highest BCUT2D eigenvalue weighted by Gasteiger charge is 2.29. The summed E-state index contributed by atoms with van der Waals surface area (Å²) >= 11 is 0. The van der Waals surface area contributed by atoms with Crippen LogP contribution in [0.15, 0.2) is 438 Å². The van der Waals surface area contributed by atoms with Crippen LogP contribution in [-0.4, -0.2) is 79.7 Å². The summed E-state index contributed by atoms with van der Waals surface area (Å²) < 4.78 is 0. The van der Waals surface area contributed by atoms with Gasteiger partial charge in [-0.2, -0.15) is 0 Å². The molecule has 724 valence electrons. The van der Waals surface area contributed by atoms with Crippen LogP contribution in [0.25, 0.3) is 224 Å². The first-order valence-electron chi connectivity index (χ1n) is 50.4. The van der Waals surface area contributed by atoms with Crippen LogP contribution in [0.1, 0.15) is 86.1 Å². The molecular formula is C134H108N16. The lowest BCUT2D eigenvalue weighted by atomic mass is 9.80. The maximum atomic E-state index is 5.45. The van der Waals surface area contributed by atoms with Crippen LogP contribution >= 0.6 is 0 Å². The molecule has 0 atom stereocenters. The highest BCUT2D eigenvalue weighted by Crippen LogP contribution is 2.44. The minimum absolute atomic E-state index is 0.0880. The van der Waals surface area contributed by atoms with Gasteiger partial charge in [0.05, 0.1) is 112 Å². The first-order valence-corrected chi connectivity index (χ1v) is 50.4. The third-order valence-electron chi connectivity index (χ3n) is 27.2. The van der Waals surface area contributed by atoms with Crippen molar-refractivity contribution in [1.82, 2.24) is 79.7 Å². The molecule has 0 aliphatic heterocycles. The van der Waals surface area contributed by atoms with Crippen molar-refractivity contribution in [2.45, 2.75) is 93.9 Å². The Hall–Kier alpha value is -18.8. The Morgan fingerprint density at radius 2 is 0.327 bits per heavy atom. The van der Waals surface area contributed by atoms with E-state index in [1.54, 1.807) is 12.4 Å². The molecular weight excluding hydrogens is 1830 g/mol. The second-order valence-corrected chi connectivity index (χ2v) is 39.7. The van der Waals surface area contributed by atoms with Crippen LogP contribution < -0.4 is 0 Å². The summed E-state index contributed by atoms with van der Waals surface area (Å²) in [5.74, 6) is 0. The van der Waals surface area contributed by atoms with E-state index in [1.807, 2.05) is 171 Å². The molecule has 0 bridgehead atoms. The molecule has 0 aliphatic carbocycles. The Morgan fingerprint density at radius 3 is 0.513 bits per heavy atom. The monoisotopic (exact) mass is 1940 g/mol. The molecule has 0 unspecified atom stereocenters. The van der Waals surface area contributed by atoms with E-state index in [4.69, 9.17) is 39.9 Å². The van der Waals surface area contributed by atoms with Gasteiger partial charge in [0.15, 0.2) is 0 Å². The number of pyridine rings is 8. The van der Waals surface area contributed by atoms with Crippen molar-refractivity contribution in [3.8, 4) is 180 Å². The van der Waals surface area contributed by atoms with Crippen LogP contribution in [0.4, 0.5) is 0 Å². The molecule has 12 aromatic carbocycles. The fourth-order valence-corrected chi connectivity index (χ4v) is 18.9. The van der Waals surface area contributed by atoms with E-state index < -0.39 is 0 Å². The predicted molar refractivity (Wildman–Crippen MR) is 613 cm³/mol. The average Bonchev–Trinajstić information content (AvgIpc) is 0.718. The molecule has 0 fully saturated rings. The molecule has 0 aliphatic rings. The van der Waals surface area contributed by atoms with E-state index in [9.17, 15) is 0 Å². The summed E-state index contributed by atoms with van der Waals surface area (Å²) in [6.07, 6.45) is 21.9. The van der Waals surface area contributed by atoms with Gasteiger partial charge < -0.3 is 0 Å². The van der Waals surface area contributed by atoms with E-state index in [1.165, 1.54) is 11.1 Å². The van der Waals surface area contributed by atoms with Gasteiger partial charge in [-0.05, 0) is 226 Å². The SMILES string of the molecule is CC(C)(C)c1ccc(C(C)(C)C)c2nc(-c3ccc(-c4ccccn4)cc3)c(-c3ccc(-c4ccccn4)cc3)nc12.Cc1ccc(C)c2nc(-c3ccc(-c4ccccn4)cc3)c(-c3ccc(-c4ccccn4)cc3)nc12.Cc1ccc(C)c2nc(-c3ccc(-c4cccnc4)cc3)c(-c3ccc(-c4cccnc4)cc3)nc12.Cc1ccc(C)c2nc(-c3ccc(-c4ccncc4)cc3)c(-c3ccc(-c4ccncc4)cc3)nc12. The maximum Gasteiger partial charge on any atom is 0.0973 e. The van der Waals surface area contributed by atoms with Crippen LogP contribution in [0.5, 0.6) is 0 Å². The van der Waals surface area contributed by atoms with E-state index >= 15 is 0 Å². The van der Waals surface area contributed by atoms with Crippen molar-refractivity contribution in [3.63, 3.8) is 0 Å². The lowest BCUT2D eigenvalue weighted by Gasteiger charge is -2.26. The number of aryl methyl sites for hydroxylation is 6. The van der Waals surface area contributed by atoms with Crippen molar-refractivity contribution in [3.05, 3.63) is 483 Å². The number of rotatable bonds is 16. The Bertz CT molecular complexity index is 7790. The summed E-state index contributed by atoms with van der Waals surface area (Å²) in [5.41, 5.74) is 48.8. The molecule has 16 nitrogen and oxygen atoms in total. The fraction of sp³-hybridized carbons (Fsp3) is 0.104. The molecule has 12 heterocycles. The Balaban J connectivity index is 0.000000117. The zero-order valence-electron chi connectivity index (χ0n) is 85.7. The van der Waals surface area contributed by atoms with E-state index in [-0.39, 0.29) is 10.8 Å².